The highest BCUT2D eigenvalue weighted by atomic mass is 16.2. The van der Waals surface area contributed by atoms with Crippen LogP contribution in [0.15, 0.2) is 73.1 Å². The zero-order valence-electron chi connectivity index (χ0n) is 19.0. The third kappa shape index (κ3) is 4.55. The first-order chi connectivity index (χ1) is 17.0. The standard InChI is InChI=1S/C27H24N4O4/c32-24(20-4-3-13-28-16-20)29-21-11-14-30(15-12-21)25(33)19-9-7-18(8-10-19)17-31-26(34)22-5-1-2-6-23(22)27(31)35/h1-10,13,16,21H,11-12,14-15,17H2,(H,29,32). The lowest BCUT2D eigenvalue weighted by atomic mass is 10.0. The Labute approximate surface area is 202 Å². The van der Waals surface area contributed by atoms with Crippen molar-refractivity contribution in [3.63, 3.8) is 0 Å². The number of carbonyl (C=O) groups excluding carboxylic acids is 4. The Balaban J connectivity index is 1.15. The zero-order chi connectivity index (χ0) is 24.4. The van der Waals surface area contributed by atoms with E-state index in [0.29, 0.717) is 48.2 Å². The number of benzene rings is 2. The number of nitrogens with one attached hydrogen (secondary N) is 1. The SMILES string of the molecule is O=C(NC1CCN(C(=O)c2ccc(CN3C(=O)c4ccccc4C3=O)cc2)CC1)c1cccnc1. The minimum atomic E-state index is -0.302. The molecule has 2 aliphatic rings. The molecule has 176 valence electrons. The van der Waals surface area contributed by atoms with Gasteiger partial charge in [0.05, 0.1) is 23.2 Å². The van der Waals surface area contributed by atoms with Gasteiger partial charge in [-0.15, -0.1) is 0 Å². The van der Waals surface area contributed by atoms with Gasteiger partial charge in [-0.1, -0.05) is 24.3 Å². The summed E-state index contributed by atoms with van der Waals surface area (Å²) in [5, 5.41) is 3.01. The number of fused-ring (bicyclic) bond motifs is 1. The van der Waals surface area contributed by atoms with Crippen LogP contribution in [0.1, 0.15) is 59.8 Å². The second-order valence-corrected chi connectivity index (χ2v) is 8.72. The van der Waals surface area contributed by atoms with Crippen LogP contribution in [0.25, 0.3) is 0 Å². The van der Waals surface area contributed by atoms with Gasteiger partial charge in [0.2, 0.25) is 0 Å². The summed E-state index contributed by atoms with van der Waals surface area (Å²) in [5.41, 5.74) is 2.68. The molecule has 4 amide bonds. The largest absolute Gasteiger partial charge is 0.349 e. The molecule has 3 heterocycles. The van der Waals surface area contributed by atoms with Crippen LogP contribution >= 0.6 is 0 Å². The smallest absolute Gasteiger partial charge is 0.261 e. The van der Waals surface area contributed by atoms with Crippen LogP contribution < -0.4 is 5.32 Å². The van der Waals surface area contributed by atoms with Gasteiger partial charge in [0, 0.05) is 37.1 Å². The highest BCUT2D eigenvalue weighted by Crippen LogP contribution is 2.24. The molecule has 1 saturated heterocycles. The summed E-state index contributed by atoms with van der Waals surface area (Å²) in [6.45, 7) is 1.25. The van der Waals surface area contributed by atoms with Crippen molar-refractivity contribution in [3.8, 4) is 0 Å². The molecule has 0 saturated carbocycles. The summed E-state index contributed by atoms with van der Waals surface area (Å²) < 4.78 is 0. The molecule has 1 fully saturated rings. The van der Waals surface area contributed by atoms with Gasteiger partial charge in [-0.3, -0.25) is 29.1 Å². The summed E-state index contributed by atoms with van der Waals surface area (Å²) in [7, 11) is 0. The average molecular weight is 469 g/mol. The van der Waals surface area contributed by atoms with E-state index < -0.39 is 0 Å². The Morgan fingerprint density at radius 2 is 1.51 bits per heavy atom. The van der Waals surface area contributed by atoms with Crippen molar-refractivity contribution >= 4 is 23.6 Å². The fourth-order valence-corrected chi connectivity index (χ4v) is 4.49. The Morgan fingerprint density at radius 3 is 2.11 bits per heavy atom. The highest BCUT2D eigenvalue weighted by molar-refractivity contribution is 6.21. The van der Waals surface area contributed by atoms with Gasteiger partial charge < -0.3 is 10.2 Å². The summed E-state index contributed by atoms with van der Waals surface area (Å²) in [6, 6.07) is 17.3. The highest BCUT2D eigenvalue weighted by Gasteiger charge is 2.35. The van der Waals surface area contributed by atoms with E-state index in [4.69, 9.17) is 0 Å². The molecule has 2 aromatic carbocycles. The molecule has 0 unspecified atom stereocenters. The van der Waals surface area contributed by atoms with Gasteiger partial charge in [-0.05, 0) is 54.8 Å². The molecule has 1 N–H and O–H groups in total. The zero-order valence-corrected chi connectivity index (χ0v) is 19.0. The molecule has 0 spiro atoms. The third-order valence-corrected chi connectivity index (χ3v) is 6.46. The summed E-state index contributed by atoms with van der Waals surface area (Å²) in [4.78, 5) is 57.4. The molecule has 0 bridgehead atoms. The molecule has 0 radical (unpaired) electrons. The van der Waals surface area contributed by atoms with Crippen molar-refractivity contribution in [3.05, 3.63) is 101 Å². The molecule has 35 heavy (non-hydrogen) atoms. The van der Waals surface area contributed by atoms with E-state index in [1.807, 2.05) is 0 Å². The van der Waals surface area contributed by atoms with Gasteiger partial charge in [-0.25, -0.2) is 0 Å². The van der Waals surface area contributed by atoms with Crippen LogP contribution in [0.2, 0.25) is 0 Å². The minimum Gasteiger partial charge on any atom is -0.349 e. The van der Waals surface area contributed by atoms with E-state index in [2.05, 4.69) is 10.3 Å². The van der Waals surface area contributed by atoms with Crippen molar-refractivity contribution in [1.82, 2.24) is 20.1 Å². The maximum Gasteiger partial charge on any atom is 0.261 e. The van der Waals surface area contributed by atoms with Gasteiger partial charge in [0.15, 0.2) is 0 Å². The number of rotatable bonds is 5. The number of likely N-dealkylation sites (tertiary alicyclic amines) is 1. The number of amides is 4. The second kappa shape index (κ2) is 9.50. The van der Waals surface area contributed by atoms with Crippen LogP contribution in [-0.4, -0.2) is 57.5 Å². The molecular weight excluding hydrogens is 444 g/mol. The number of hydrogen-bond acceptors (Lipinski definition) is 5. The number of piperidine rings is 1. The summed E-state index contributed by atoms with van der Waals surface area (Å²) in [6.07, 6.45) is 4.51. The first kappa shape index (κ1) is 22.5. The summed E-state index contributed by atoms with van der Waals surface area (Å²) >= 11 is 0. The van der Waals surface area contributed by atoms with E-state index in [0.717, 1.165) is 5.56 Å². The molecule has 0 aliphatic carbocycles. The third-order valence-electron chi connectivity index (χ3n) is 6.46. The fourth-order valence-electron chi connectivity index (χ4n) is 4.49. The van der Waals surface area contributed by atoms with Crippen molar-refractivity contribution < 1.29 is 19.2 Å². The molecule has 8 nitrogen and oxygen atoms in total. The van der Waals surface area contributed by atoms with Crippen LogP contribution in [0.5, 0.6) is 0 Å². The van der Waals surface area contributed by atoms with Gasteiger partial charge in [0.25, 0.3) is 23.6 Å². The average Bonchev–Trinajstić information content (AvgIpc) is 3.14. The maximum atomic E-state index is 13.0. The summed E-state index contributed by atoms with van der Waals surface area (Å²) in [5.74, 6) is -0.834. The second-order valence-electron chi connectivity index (χ2n) is 8.72. The van der Waals surface area contributed by atoms with E-state index in [9.17, 15) is 19.2 Å². The van der Waals surface area contributed by atoms with Gasteiger partial charge >= 0.3 is 0 Å². The Kier molecular flexibility index (Phi) is 6.10. The monoisotopic (exact) mass is 468 g/mol. The van der Waals surface area contributed by atoms with Gasteiger partial charge in [-0.2, -0.15) is 0 Å². The predicted octanol–water partition coefficient (Wildman–Crippen LogP) is 2.91. The number of nitrogens with zero attached hydrogens (tertiary/aromatic N) is 3. The number of imide groups is 1. The number of carbonyl (C=O) groups is 4. The molecule has 0 atom stereocenters. The van der Waals surface area contributed by atoms with E-state index >= 15 is 0 Å². The first-order valence-corrected chi connectivity index (χ1v) is 11.6. The van der Waals surface area contributed by atoms with Crippen LogP contribution in [0, 0.1) is 0 Å². The molecular formula is C27H24N4O4. The topological polar surface area (TPSA) is 99.7 Å². The van der Waals surface area contributed by atoms with E-state index in [1.165, 1.54) is 11.1 Å². The molecule has 3 aromatic rings. The Bertz CT molecular complexity index is 1250. The van der Waals surface area contributed by atoms with Crippen molar-refractivity contribution in [2.24, 2.45) is 0 Å². The molecule has 8 heteroatoms. The number of hydrogen-bond donors (Lipinski definition) is 1. The molecule has 5 rings (SSSR count). The Hall–Kier alpha value is -4.33. The normalized spacial score (nSPS) is 15.8. The lowest BCUT2D eigenvalue weighted by molar-refractivity contribution is 0.0638. The lowest BCUT2D eigenvalue weighted by Crippen LogP contribution is -2.46. The molecule has 1 aromatic heterocycles. The quantitative estimate of drug-likeness (QED) is 0.581. The van der Waals surface area contributed by atoms with Crippen LogP contribution in [0.3, 0.4) is 0 Å². The Morgan fingerprint density at radius 1 is 0.857 bits per heavy atom. The number of aromatic nitrogens is 1. The van der Waals surface area contributed by atoms with Crippen LogP contribution in [0.4, 0.5) is 0 Å². The molecule has 2 aliphatic heterocycles. The first-order valence-electron chi connectivity index (χ1n) is 11.6. The van der Waals surface area contributed by atoms with E-state index in [-0.39, 0.29) is 36.2 Å². The fraction of sp³-hybridized carbons (Fsp3) is 0.222. The van der Waals surface area contributed by atoms with E-state index in [1.54, 1.807) is 71.8 Å². The van der Waals surface area contributed by atoms with Crippen molar-refractivity contribution in [2.75, 3.05) is 13.1 Å². The van der Waals surface area contributed by atoms with Crippen molar-refractivity contribution in [2.45, 2.75) is 25.4 Å². The number of pyridine rings is 1. The van der Waals surface area contributed by atoms with Crippen LogP contribution in [-0.2, 0) is 6.54 Å². The minimum absolute atomic E-state index is 0.00814. The predicted molar refractivity (Wildman–Crippen MR) is 128 cm³/mol. The lowest BCUT2D eigenvalue weighted by Gasteiger charge is -2.32. The van der Waals surface area contributed by atoms with Crippen molar-refractivity contribution in [1.29, 1.82) is 0 Å². The maximum absolute atomic E-state index is 13.0. The van der Waals surface area contributed by atoms with Gasteiger partial charge in [0.1, 0.15) is 0 Å².